The zero-order valence-electron chi connectivity index (χ0n) is 14.4. The maximum absolute atomic E-state index is 13.5. The molecule has 0 bridgehead atoms. The molecular weight excluding hydrogens is 361 g/mol. The number of nitrogens with zero attached hydrogens (tertiary/aromatic N) is 2. The standard InChI is InChI=1S/C19H17F3N2O3/c1-27-15-9-7-13(8-10-15)11-17(25)24-18(26,19(20,21)22)12-16(23-24)14-5-3-2-4-6-14/h2-10,26H,11-12H2,1H3/t18-/m0/s1. The zero-order valence-corrected chi connectivity index (χ0v) is 14.4. The summed E-state index contributed by atoms with van der Waals surface area (Å²) >= 11 is 0. The summed E-state index contributed by atoms with van der Waals surface area (Å²) in [7, 11) is 1.48. The minimum Gasteiger partial charge on any atom is -0.497 e. The summed E-state index contributed by atoms with van der Waals surface area (Å²) in [6.07, 6.45) is -6.22. The fourth-order valence-electron chi connectivity index (χ4n) is 2.81. The summed E-state index contributed by atoms with van der Waals surface area (Å²) in [6.45, 7) is 0. The molecule has 2 aromatic carbocycles. The van der Waals surface area contributed by atoms with Crippen LogP contribution in [0.4, 0.5) is 13.2 Å². The van der Waals surface area contributed by atoms with Crippen LogP contribution in [0.2, 0.25) is 0 Å². The zero-order chi connectivity index (χ0) is 19.7. The largest absolute Gasteiger partial charge is 0.497 e. The predicted molar refractivity (Wildman–Crippen MR) is 92.1 cm³/mol. The molecule has 5 nitrogen and oxygen atoms in total. The van der Waals surface area contributed by atoms with Crippen molar-refractivity contribution in [2.75, 3.05) is 7.11 Å². The molecule has 1 aliphatic heterocycles. The number of rotatable bonds is 4. The molecule has 2 aromatic rings. The van der Waals surface area contributed by atoms with Gasteiger partial charge in [0.05, 0.1) is 25.7 Å². The molecule has 142 valence electrons. The molecule has 0 unspecified atom stereocenters. The second kappa shape index (κ2) is 7.03. The van der Waals surface area contributed by atoms with E-state index in [1.165, 1.54) is 7.11 Å². The normalized spacial score (nSPS) is 19.7. The fraction of sp³-hybridized carbons (Fsp3) is 0.263. The Kier molecular flexibility index (Phi) is 4.93. The van der Waals surface area contributed by atoms with Crippen LogP contribution in [0.5, 0.6) is 5.75 Å². The Bertz CT molecular complexity index is 851. The van der Waals surface area contributed by atoms with Crippen LogP contribution in [0.25, 0.3) is 0 Å². The first kappa shape index (κ1) is 18.9. The summed E-state index contributed by atoms with van der Waals surface area (Å²) in [6, 6.07) is 14.5. The third-order valence-corrected chi connectivity index (χ3v) is 4.30. The van der Waals surface area contributed by atoms with Gasteiger partial charge in [-0.2, -0.15) is 23.3 Å². The molecule has 1 atom stereocenters. The number of amides is 1. The lowest BCUT2D eigenvalue weighted by atomic mass is 10.0. The summed E-state index contributed by atoms with van der Waals surface area (Å²) in [4.78, 5) is 12.5. The van der Waals surface area contributed by atoms with E-state index >= 15 is 0 Å². The number of carbonyl (C=O) groups is 1. The van der Waals surface area contributed by atoms with E-state index in [4.69, 9.17) is 4.74 Å². The molecule has 1 aliphatic rings. The van der Waals surface area contributed by atoms with Gasteiger partial charge >= 0.3 is 6.18 Å². The number of methoxy groups -OCH3 is 1. The third-order valence-electron chi connectivity index (χ3n) is 4.30. The smallest absolute Gasteiger partial charge is 0.438 e. The molecule has 0 aromatic heterocycles. The van der Waals surface area contributed by atoms with Gasteiger partial charge in [0.2, 0.25) is 5.91 Å². The molecule has 0 saturated carbocycles. The van der Waals surface area contributed by atoms with Crippen LogP contribution >= 0.6 is 0 Å². The van der Waals surface area contributed by atoms with E-state index in [1.807, 2.05) is 0 Å². The Hall–Kier alpha value is -2.87. The van der Waals surface area contributed by atoms with Crippen molar-refractivity contribution in [1.82, 2.24) is 5.01 Å². The molecule has 1 N–H and O–H groups in total. The molecule has 0 saturated heterocycles. The maximum Gasteiger partial charge on any atom is 0.438 e. The topological polar surface area (TPSA) is 62.1 Å². The quantitative estimate of drug-likeness (QED) is 0.889. The molecule has 8 heteroatoms. The van der Waals surface area contributed by atoms with Gasteiger partial charge in [-0.1, -0.05) is 42.5 Å². The highest BCUT2D eigenvalue weighted by Gasteiger charge is 2.63. The minimum atomic E-state index is -5.05. The lowest BCUT2D eigenvalue weighted by molar-refractivity contribution is -0.302. The molecule has 0 fully saturated rings. The van der Waals surface area contributed by atoms with Crippen LogP contribution in [-0.4, -0.2) is 40.7 Å². The van der Waals surface area contributed by atoms with E-state index in [1.54, 1.807) is 54.6 Å². The van der Waals surface area contributed by atoms with Crippen LogP contribution in [-0.2, 0) is 11.2 Å². The summed E-state index contributed by atoms with van der Waals surface area (Å²) in [5.41, 5.74) is -2.48. The summed E-state index contributed by atoms with van der Waals surface area (Å²) in [5.74, 6) is -0.394. The molecule has 1 heterocycles. The van der Waals surface area contributed by atoms with Crippen molar-refractivity contribution in [2.24, 2.45) is 5.10 Å². The average molecular weight is 378 g/mol. The lowest BCUT2D eigenvalue weighted by Crippen LogP contribution is -2.57. The molecule has 0 spiro atoms. The molecule has 0 aliphatic carbocycles. The number of ether oxygens (including phenoxy) is 1. The average Bonchev–Trinajstić information content (AvgIpc) is 3.02. The van der Waals surface area contributed by atoms with Crippen molar-refractivity contribution in [3.8, 4) is 5.75 Å². The van der Waals surface area contributed by atoms with Gasteiger partial charge < -0.3 is 9.84 Å². The Morgan fingerprint density at radius 3 is 2.37 bits per heavy atom. The van der Waals surface area contributed by atoms with Crippen molar-refractivity contribution in [2.45, 2.75) is 24.7 Å². The van der Waals surface area contributed by atoms with E-state index in [0.29, 0.717) is 16.9 Å². The van der Waals surface area contributed by atoms with E-state index in [-0.39, 0.29) is 17.1 Å². The van der Waals surface area contributed by atoms with Crippen molar-refractivity contribution in [3.63, 3.8) is 0 Å². The van der Waals surface area contributed by atoms with Crippen LogP contribution in [0.15, 0.2) is 59.7 Å². The number of hydrogen-bond acceptors (Lipinski definition) is 4. The Morgan fingerprint density at radius 1 is 1.19 bits per heavy atom. The van der Waals surface area contributed by atoms with Crippen LogP contribution in [0.3, 0.4) is 0 Å². The van der Waals surface area contributed by atoms with E-state index < -0.39 is 24.2 Å². The fourth-order valence-corrected chi connectivity index (χ4v) is 2.81. The number of carbonyl (C=O) groups excluding carboxylic acids is 1. The lowest BCUT2D eigenvalue weighted by Gasteiger charge is -2.32. The monoisotopic (exact) mass is 378 g/mol. The number of halogens is 3. The van der Waals surface area contributed by atoms with Gasteiger partial charge in [-0.05, 0) is 23.3 Å². The van der Waals surface area contributed by atoms with E-state index in [0.717, 1.165) is 0 Å². The summed E-state index contributed by atoms with van der Waals surface area (Å²) < 4.78 is 45.7. The molecule has 1 amide bonds. The molecule has 3 rings (SSSR count). The maximum atomic E-state index is 13.5. The summed E-state index contributed by atoms with van der Waals surface area (Å²) in [5, 5.41) is 14.3. The Balaban J connectivity index is 1.90. The highest BCUT2D eigenvalue weighted by atomic mass is 19.4. The number of aliphatic hydroxyl groups is 1. The third kappa shape index (κ3) is 3.66. The van der Waals surface area contributed by atoms with Gasteiger partial charge in [0.1, 0.15) is 5.75 Å². The number of alkyl halides is 3. The predicted octanol–water partition coefficient (Wildman–Crippen LogP) is 3.13. The van der Waals surface area contributed by atoms with E-state index in [2.05, 4.69) is 5.10 Å². The SMILES string of the molecule is COc1ccc(CC(=O)N2N=C(c3ccccc3)C[C@]2(O)C(F)(F)F)cc1. The number of hydrazone groups is 1. The number of benzene rings is 2. The second-order valence-electron chi connectivity index (χ2n) is 6.13. The highest BCUT2D eigenvalue weighted by Crippen LogP contribution is 2.41. The van der Waals surface area contributed by atoms with Crippen molar-refractivity contribution < 1.29 is 27.8 Å². The van der Waals surface area contributed by atoms with Gasteiger partial charge in [-0.15, -0.1) is 0 Å². The van der Waals surface area contributed by atoms with Crippen LogP contribution < -0.4 is 4.74 Å². The van der Waals surface area contributed by atoms with Crippen molar-refractivity contribution in [3.05, 3.63) is 65.7 Å². The second-order valence-corrected chi connectivity index (χ2v) is 6.13. The van der Waals surface area contributed by atoms with E-state index in [9.17, 15) is 23.1 Å². The van der Waals surface area contributed by atoms with Crippen LogP contribution in [0.1, 0.15) is 17.5 Å². The Morgan fingerprint density at radius 2 is 1.81 bits per heavy atom. The molecule has 27 heavy (non-hydrogen) atoms. The van der Waals surface area contributed by atoms with Crippen molar-refractivity contribution in [1.29, 1.82) is 0 Å². The van der Waals surface area contributed by atoms with Gasteiger partial charge in [-0.3, -0.25) is 4.79 Å². The molecule has 0 radical (unpaired) electrons. The number of hydrogen-bond donors (Lipinski definition) is 1. The first-order chi connectivity index (χ1) is 12.7. The highest BCUT2D eigenvalue weighted by molar-refractivity contribution is 6.03. The van der Waals surface area contributed by atoms with Gasteiger partial charge in [0.25, 0.3) is 5.72 Å². The first-order valence-corrected chi connectivity index (χ1v) is 8.12. The Labute approximate surface area is 153 Å². The van der Waals surface area contributed by atoms with Gasteiger partial charge in [-0.25, -0.2) is 0 Å². The molecular formula is C19H17F3N2O3. The van der Waals surface area contributed by atoms with Crippen molar-refractivity contribution >= 4 is 11.6 Å². The van der Waals surface area contributed by atoms with Gasteiger partial charge in [0.15, 0.2) is 0 Å². The minimum absolute atomic E-state index is 0.00138. The first-order valence-electron chi connectivity index (χ1n) is 8.12. The van der Waals surface area contributed by atoms with Gasteiger partial charge in [0, 0.05) is 0 Å². The van der Waals surface area contributed by atoms with Crippen LogP contribution in [0, 0.1) is 0 Å².